The number of hydrogen-bond donors (Lipinski definition) is 3. The van der Waals surface area contributed by atoms with Gasteiger partial charge in [-0.15, -0.1) is 0 Å². The molecule has 3 N–H and O–H groups in total. The molecule has 0 radical (unpaired) electrons. The van der Waals surface area contributed by atoms with Gasteiger partial charge >= 0.3 is 41.5 Å². The fourth-order valence-corrected chi connectivity index (χ4v) is 3.09. The molecule has 0 spiro atoms. The second-order valence-electron chi connectivity index (χ2n) is 7.18. The van der Waals surface area contributed by atoms with Gasteiger partial charge in [-0.05, 0) is 6.42 Å². The van der Waals surface area contributed by atoms with Gasteiger partial charge in [-0.2, -0.15) is 0 Å². The van der Waals surface area contributed by atoms with Crippen molar-refractivity contribution >= 4 is 17.8 Å². The van der Waals surface area contributed by atoms with E-state index in [1.807, 2.05) is 0 Å². The number of unbranched alkanes of at least 4 members (excludes halogenated alkanes) is 8. The van der Waals surface area contributed by atoms with E-state index in [9.17, 15) is 19.5 Å². The first-order chi connectivity index (χ1) is 13.4. The van der Waals surface area contributed by atoms with E-state index in [1.165, 1.54) is 48.3 Å². The summed E-state index contributed by atoms with van der Waals surface area (Å²) in [4.78, 5) is 36.8. The van der Waals surface area contributed by atoms with Crippen molar-refractivity contribution in [1.29, 1.82) is 0 Å². The second kappa shape index (κ2) is 20.6. The van der Waals surface area contributed by atoms with Crippen molar-refractivity contribution in [3.8, 4) is 0 Å². The van der Waals surface area contributed by atoms with Gasteiger partial charge in [0.15, 0.2) is 0 Å². The molecule has 0 saturated heterocycles. The Balaban J connectivity index is 0. The summed E-state index contributed by atoms with van der Waals surface area (Å²) in [5.41, 5.74) is 0. The zero-order valence-electron chi connectivity index (χ0n) is 18.3. The maximum absolute atomic E-state index is 12.4. The Morgan fingerprint density at radius 1 is 0.724 bits per heavy atom. The molecular weight excluding hydrogens is 387 g/mol. The molecule has 0 aromatic heterocycles. The van der Waals surface area contributed by atoms with Crippen molar-refractivity contribution in [2.75, 3.05) is 39.3 Å². The Hall–Kier alpha value is -0.670. The molecule has 8 nitrogen and oxygen atoms in total. The summed E-state index contributed by atoms with van der Waals surface area (Å²) >= 11 is 0. The van der Waals surface area contributed by atoms with E-state index in [2.05, 4.69) is 6.92 Å². The summed E-state index contributed by atoms with van der Waals surface area (Å²) in [6, 6.07) is 0. The van der Waals surface area contributed by atoms with Gasteiger partial charge < -0.3 is 20.2 Å². The van der Waals surface area contributed by atoms with Crippen molar-refractivity contribution in [1.82, 2.24) is 9.80 Å². The van der Waals surface area contributed by atoms with Crippen LogP contribution in [0.5, 0.6) is 0 Å². The number of aliphatic hydroxyl groups is 1. The first kappa shape index (κ1) is 30.5. The average molecular weight is 426 g/mol. The van der Waals surface area contributed by atoms with E-state index in [-0.39, 0.29) is 61.7 Å². The molecule has 1 amide bonds. The third kappa shape index (κ3) is 19.1. The predicted octanol–water partition coefficient (Wildman–Crippen LogP) is -0.797. The predicted molar refractivity (Wildman–Crippen MR) is 107 cm³/mol. The van der Waals surface area contributed by atoms with Crippen molar-refractivity contribution in [2.24, 2.45) is 0 Å². The maximum Gasteiger partial charge on any atom is 1.00 e. The molecule has 0 saturated carbocycles. The zero-order chi connectivity index (χ0) is 21.2. The van der Waals surface area contributed by atoms with E-state index >= 15 is 0 Å². The topological polar surface area (TPSA) is 118 Å². The number of carboxylic acid groups (broad SMARTS) is 2. The van der Waals surface area contributed by atoms with Gasteiger partial charge in [-0.25, -0.2) is 0 Å². The number of rotatable bonds is 19. The molecule has 0 rings (SSSR count). The van der Waals surface area contributed by atoms with Crippen LogP contribution in [-0.2, 0) is 14.4 Å². The van der Waals surface area contributed by atoms with Crippen molar-refractivity contribution in [2.45, 2.75) is 71.1 Å². The summed E-state index contributed by atoms with van der Waals surface area (Å²) < 4.78 is 0. The Bertz CT molecular complexity index is 435. The fourth-order valence-electron chi connectivity index (χ4n) is 3.09. The molecule has 0 aromatic rings. The van der Waals surface area contributed by atoms with Crippen LogP contribution in [0.2, 0.25) is 0 Å². The number of nitrogens with zero attached hydrogens (tertiary/aromatic N) is 2. The molecule has 9 heteroatoms. The molecule has 164 valence electrons. The van der Waals surface area contributed by atoms with Crippen LogP contribution in [0.1, 0.15) is 71.1 Å². The van der Waals surface area contributed by atoms with E-state index < -0.39 is 25.0 Å². The SMILES string of the molecule is CCCCCCCCCCCC(=O)N(CCO)CCN(CC(=O)O)CC(=O)O.[Na+]. The van der Waals surface area contributed by atoms with Gasteiger partial charge in [0, 0.05) is 26.1 Å². The molecule has 0 aliphatic heterocycles. The molecule has 0 heterocycles. The molecule has 0 aliphatic carbocycles. The fraction of sp³-hybridized carbons (Fsp3) is 0.850. The second-order valence-corrected chi connectivity index (χ2v) is 7.18. The van der Waals surface area contributed by atoms with E-state index in [0.717, 1.165) is 19.3 Å². The van der Waals surface area contributed by atoms with Crippen molar-refractivity contribution < 1.29 is 59.3 Å². The normalized spacial score (nSPS) is 10.6. The Kier molecular flexibility index (Phi) is 21.7. The van der Waals surface area contributed by atoms with Crippen LogP contribution >= 0.6 is 0 Å². The van der Waals surface area contributed by atoms with E-state index in [4.69, 9.17) is 10.2 Å². The number of amides is 1. The number of carboxylic acids is 2. The number of aliphatic hydroxyl groups excluding tert-OH is 1. The molecule has 0 aliphatic rings. The first-order valence-corrected chi connectivity index (χ1v) is 10.4. The zero-order valence-corrected chi connectivity index (χ0v) is 20.3. The maximum atomic E-state index is 12.4. The first-order valence-electron chi connectivity index (χ1n) is 10.4. The smallest absolute Gasteiger partial charge is 0.480 e. The molecule has 0 aromatic carbocycles. The average Bonchev–Trinajstić information content (AvgIpc) is 2.62. The molecule has 29 heavy (non-hydrogen) atoms. The Morgan fingerprint density at radius 2 is 1.21 bits per heavy atom. The third-order valence-corrected chi connectivity index (χ3v) is 4.62. The van der Waals surface area contributed by atoms with Gasteiger partial charge in [0.2, 0.25) is 5.91 Å². The van der Waals surface area contributed by atoms with Gasteiger partial charge in [0.05, 0.1) is 19.7 Å². The van der Waals surface area contributed by atoms with Gasteiger partial charge in [0.25, 0.3) is 0 Å². The quantitative estimate of drug-likeness (QED) is 0.183. The van der Waals surface area contributed by atoms with Gasteiger partial charge in [0.1, 0.15) is 0 Å². The summed E-state index contributed by atoms with van der Waals surface area (Å²) in [6.07, 6.45) is 10.9. The summed E-state index contributed by atoms with van der Waals surface area (Å²) in [7, 11) is 0. The monoisotopic (exact) mass is 425 g/mol. The standard InChI is InChI=1S/C20H38N2O6.Na/c1-2-3-4-5-6-7-8-9-10-11-18(24)22(14-15-23)13-12-21(16-19(25)26)17-20(27)28;/h23H,2-17H2,1H3,(H,25,26)(H,27,28);/q;+1. The van der Waals surface area contributed by atoms with Gasteiger partial charge in [-0.3, -0.25) is 19.3 Å². The Morgan fingerprint density at radius 3 is 1.66 bits per heavy atom. The van der Waals surface area contributed by atoms with Crippen LogP contribution in [0.4, 0.5) is 0 Å². The van der Waals surface area contributed by atoms with Crippen molar-refractivity contribution in [3.05, 3.63) is 0 Å². The van der Waals surface area contributed by atoms with Crippen LogP contribution < -0.4 is 29.6 Å². The van der Waals surface area contributed by atoms with Crippen LogP contribution in [0.15, 0.2) is 0 Å². The van der Waals surface area contributed by atoms with Crippen LogP contribution in [-0.4, -0.2) is 82.3 Å². The number of carbonyl (C=O) groups is 3. The number of aliphatic carboxylic acids is 2. The number of hydrogen-bond acceptors (Lipinski definition) is 5. The molecule has 0 fully saturated rings. The van der Waals surface area contributed by atoms with E-state index in [1.54, 1.807) is 0 Å². The molecule has 0 atom stereocenters. The number of carbonyl (C=O) groups excluding carboxylic acids is 1. The van der Waals surface area contributed by atoms with Gasteiger partial charge in [-0.1, -0.05) is 58.3 Å². The van der Waals surface area contributed by atoms with Crippen LogP contribution in [0.25, 0.3) is 0 Å². The molecular formula is C20H38N2NaO6+. The molecule has 0 unspecified atom stereocenters. The molecule has 0 bridgehead atoms. The Labute approximate surface area is 196 Å². The van der Waals surface area contributed by atoms with Crippen LogP contribution in [0, 0.1) is 0 Å². The summed E-state index contributed by atoms with van der Waals surface area (Å²) in [6.45, 7) is 1.75. The minimum Gasteiger partial charge on any atom is -0.480 e. The van der Waals surface area contributed by atoms with Crippen molar-refractivity contribution in [3.63, 3.8) is 0 Å². The largest absolute Gasteiger partial charge is 1.00 e. The summed E-state index contributed by atoms with van der Waals surface area (Å²) in [5, 5.41) is 26.9. The third-order valence-electron chi connectivity index (χ3n) is 4.62. The minimum atomic E-state index is -1.11. The van der Waals surface area contributed by atoms with E-state index in [0.29, 0.717) is 6.42 Å². The summed E-state index contributed by atoms with van der Waals surface area (Å²) in [5.74, 6) is -2.31. The van der Waals surface area contributed by atoms with Crippen LogP contribution in [0.3, 0.4) is 0 Å². The minimum absolute atomic E-state index is 0.